The molecule has 1 aromatic carbocycles. The molecule has 0 aromatic heterocycles. The summed E-state index contributed by atoms with van der Waals surface area (Å²) in [6.07, 6.45) is 5.24. The summed E-state index contributed by atoms with van der Waals surface area (Å²) in [6.45, 7) is 2.73. The molecule has 0 bridgehead atoms. The minimum absolute atomic E-state index is 0.405. The lowest BCUT2D eigenvalue weighted by atomic mass is 9.83. The molecule has 0 spiro atoms. The van der Waals surface area contributed by atoms with Gasteiger partial charge in [0.1, 0.15) is 11.5 Å². The molecule has 1 unspecified atom stereocenters. The normalized spacial score (nSPS) is 17.5. The maximum absolute atomic E-state index is 6.04. The average Bonchev–Trinajstić information content (AvgIpc) is 2.94. The van der Waals surface area contributed by atoms with Crippen LogP contribution in [-0.4, -0.2) is 20.8 Å². The van der Waals surface area contributed by atoms with Crippen LogP contribution in [0.1, 0.15) is 42.7 Å². The third-order valence-electron chi connectivity index (χ3n) is 4.43. The third-order valence-corrected chi connectivity index (χ3v) is 4.43. The lowest BCUT2D eigenvalue weighted by molar-refractivity contribution is 0.370. The molecule has 3 heteroatoms. The maximum atomic E-state index is 6.04. The zero-order chi connectivity index (χ0) is 13.8. The van der Waals surface area contributed by atoms with Crippen LogP contribution in [-0.2, 0) is 0 Å². The van der Waals surface area contributed by atoms with Crippen molar-refractivity contribution >= 4 is 0 Å². The van der Waals surface area contributed by atoms with E-state index in [0.717, 1.165) is 17.1 Å². The van der Waals surface area contributed by atoms with Crippen LogP contribution < -0.4 is 15.2 Å². The fraction of sp³-hybridized carbons (Fsp3) is 0.625. The van der Waals surface area contributed by atoms with Crippen molar-refractivity contribution in [2.75, 3.05) is 20.8 Å². The molecule has 1 aliphatic rings. The van der Waals surface area contributed by atoms with Crippen molar-refractivity contribution in [2.24, 2.45) is 11.7 Å². The SMILES string of the molecule is COc1ccc(C(CN)C2CCCC2)c(OC)c1C. The van der Waals surface area contributed by atoms with Crippen LogP contribution in [0, 0.1) is 12.8 Å². The van der Waals surface area contributed by atoms with Crippen molar-refractivity contribution in [3.05, 3.63) is 23.3 Å². The molecule has 1 fully saturated rings. The van der Waals surface area contributed by atoms with Crippen LogP contribution >= 0.6 is 0 Å². The summed E-state index contributed by atoms with van der Waals surface area (Å²) in [5.74, 6) is 2.93. The summed E-state index contributed by atoms with van der Waals surface area (Å²) in [5.41, 5.74) is 8.36. The minimum Gasteiger partial charge on any atom is -0.496 e. The summed E-state index contributed by atoms with van der Waals surface area (Å²) >= 11 is 0. The van der Waals surface area contributed by atoms with Crippen molar-refractivity contribution < 1.29 is 9.47 Å². The standard InChI is InChI=1S/C16H25NO2/c1-11-15(18-2)9-8-13(16(11)19-3)14(10-17)12-6-4-5-7-12/h8-9,12,14H,4-7,10,17H2,1-3H3. The van der Waals surface area contributed by atoms with Gasteiger partial charge in [-0.15, -0.1) is 0 Å². The average molecular weight is 263 g/mol. The summed E-state index contributed by atoms with van der Waals surface area (Å²) in [4.78, 5) is 0. The van der Waals surface area contributed by atoms with Crippen LogP contribution in [0.15, 0.2) is 12.1 Å². The predicted octanol–water partition coefficient (Wildman–Crippen LogP) is 3.24. The summed E-state index contributed by atoms with van der Waals surface area (Å²) in [5, 5.41) is 0. The van der Waals surface area contributed by atoms with Crippen LogP contribution in [0.2, 0.25) is 0 Å². The Kier molecular flexibility index (Phi) is 4.70. The van der Waals surface area contributed by atoms with Gasteiger partial charge in [-0.2, -0.15) is 0 Å². The van der Waals surface area contributed by atoms with E-state index >= 15 is 0 Å². The number of hydrogen-bond acceptors (Lipinski definition) is 3. The molecule has 106 valence electrons. The van der Waals surface area contributed by atoms with Gasteiger partial charge in [0.15, 0.2) is 0 Å². The highest BCUT2D eigenvalue weighted by Crippen LogP contribution is 2.42. The van der Waals surface area contributed by atoms with Crippen molar-refractivity contribution in [2.45, 2.75) is 38.5 Å². The summed E-state index contributed by atoms with van der Waals surface area (Å²) in [7, 11) is 3.42. The van der Waals surface area contributed by atoms with Gasteiger partial charge in [0.2, 0.25) is 0 Å². The highest BCUT2D eigenvalue weighted by atomic mass is 16.5. The number of hydrogen-bond donors (Lipinski definition) is 1. The number of benzene rings is 1. The Bertz CT molecular complexity index is 425. The van der Waals surface area contributed by atoms with Crippen molar-refractivity contribution in [1.82, 2.24) is 0 Å². The second kappa shape index (κ2) is 6.29. The molecule has 2 N–H and O–H groups in total. The van der Waals surface area contributed by atoms with Gasteiger partial charge in [-0.1, -0.05) is 18.9 Å². The van der Waals surface area contributed by atoms with Gasteiger partial charge in [-0.05, 0) is 43.9 Å². The predicted molar refractivity (Wildman–Crippen MR) is 78.0 cm³/mol. The molecule has 0 aliphatic heterocycles. The molecule has 1 saturated carbocycles. The monoisotopic (exact) mass is 263 g/mol. The first-order valence-electron chi connectivity index (χ1n) is 7.14. The number of ether oxygens (including phenoxy) is 2. The molecule has 2 rings (SSSR count). The van der Waals surface area contributed by atoms with E-state index in [0.29, 0.717) is 18.4 Å². The summed E-state index contributed by atoms with van der Waals surface area (Å²) < 4.78 is 11.0. The molecular formula is C16H25NO2. The van der Waals surface area contributed by atoms with Crippen molar-refractivity contribution in [3.8, 4) is 11.5 Å². The second-order valence-electron chi connectivity index (χ2n) is 5.40. The van der Waals surface area contributed by atoms with Crippen LogP contribution in [0.5, 0.6) is 11.5 Å². The molecule has 0 saturated heterocycles. The lowest BCUT2D eigenvalue weighted by Crippen LogP contribution is -2.20. The van der Waals surface area contributed by atoms with Gasteiger partial charge in [0.25, 0.3) is 0 Å². The fourth-order valence-electron chi connectivity index (χ4n) is 3.41. The Balaban J connectivity index is 2.39. The van der Waals surface area contributed by atoms with E-state index < -0.39 is 0 Å². The zero-order valence-electron chi connectivity index (χ0n) is 12.2. The highest BCUT2D eigenvalue weighted by molar-refractivity contribution is 5.51. The van der Waals surface area contributed by atoms with E-state index in [-0.39, 0.29) is 0 Å². The zero-order valence-corrected chi connectivity index (χ0v) is 12.2. The molecule has 1 aromatic rings. The Hall–Kier alpha value is -1.22. The van der Waals surface area contributed by atoms with E-state index in [4.69, 9.17) is 15.2 Å². The molecule has 1 aliphatic carbocycles. The van der Waals surface area contributed by atoms with E-state index in [9.17, 15) is 0 Å². The number of methoxy groups -OCH3 is 2. The maximum Gasteiger partial charge on any atom is 0.128 e. The van der Waals surface area contributed by atoms with E-state index in [2.05, 4.69) is 6.07 Å². The van der Waals surface area contributed by atoms with Gasteiger partial charge >= 0.3 is 0 Å². The van der Waals surface area contributed by atoms with Crippen molar-refractivity contribution in [1.29, 1.82) is 0 Å². The van der Waals surface area contributed by atoms with Gasteiger partial charge in [-0.25, -0.2) is 0 Å². The molecule has 0 heterocycles. The van der Waals surface area contributed by atoms with Crippen LogP contribution in [0.25, 0.3) is 0 Å². The molecule has 3 nitrogen and oxygen atoms in total. The Morgan fingerprint density at radius 2 is 1.89 bits per heavy atom. The first kappa shape index (κ1) is 14.2. The van der Waals surface area contributed by atoms with Gasteiger partial charge in [0, 0.05) is 11.5 Å². The van der Waals surface area contributed by atoms with E-state index in [1.54, 1.807) is 14.2 Å². The second-order valence-corrected chi connectivity index (χ2v) is 5.40. The summed E-state index contributed by atoms with van der Waals surface area (Å²) in [6, 6.07) is 4.16. The molecule has 0 amide bonds. The van der Waals surface area contributed by atoms with Crippen LogP contribution in [0.3, 0.4) is 0 Å². The number of nitrogens with two attached hydrogens (primary N) is 1. The first-order valence-corrected chi connectivity index (χ1v) is 7.14. The lowest BCUT2D eigenvalue weighted by Gasteiger charge is -2.25. The highest BCUT2D eigenvalue weighted by Gasteiger charge is 2.28. The first-order chi connectivity index (χ1) is 9.22. The third kappa shape index (κ3) is 2.71. The van der Waals surface area contributed by atoms with Gasteiger partial charge in [-0.3, -0.25) is 0 Å². The topological polar surface area (TPSA) is 44.5 Å². The Labute approximate surface area is 116 Å². The van der Waals surface area contributed by atoms with Gasteiger partial charge in [0.05, 0.1) is 14.2 Å². The molecule has 1 atom stereocenters. The number of rotatable bonds is 5. The largest absolute Gasteiger partial charge is 0.496 e. The van der Waals surface area contributed by atoms with Crippen molar-refractivity contribution in [3.63, 3.8) is 0 Å². The molecule has 19 heavy (non-hydrogen) atoms. The quantitative estimate of drug-likeness (QED) is 0.887. The minimum atomic E-state index is 0.405. The van der Waals surface area contributed by atoms with E-state index in [1.165, 1.54) is 31.2 Å². The van der Waals surface area contributed by atoms with E-state index in [1.807, 2.05) is 13.0 Å². The fourth-order valence-corrected chi connectivity index (χ4v) is 3.41. The molecular weight excluding hydrogens is 238 g/mol. The van der Waals surface area contributed by atoms with Gasteiger partial charge < -0.3 is 15.2 Å². The Morgan fingerprint density at radius 3 is 2.42 bits per heavy atom. The molecule has 0 radical (unpaired) electrons. The van der Waals surface area contributed by atoms with Crippen LogP contribution in [0.4, 0.5) is 0 Å². The smallest absolute Gasteiger partial charge is 0.128 e. The Morgan fingerprint density at radius 1 is 1.21 bits per heavy atom.